The van der Waals surface area contributed by atoms with Crippen molar-refractivity contribution in [2.45, 2.75) is 70.7 Å². The predicted molar refractivity (Wildman–Crippen MR) is 122 cm³/mol. The van der Waals surface area contributed by atoms with Crippen LogP contribution in [-0.2, 0) is 11.3 Å². The molecule has 0 aromatic heterocycles. The van der Waals surface area contributed by atoms with E-state index in [0.717, 1.165) is 25.7 Å². The maximum atomic E-state index is 13.4. The number of ether oxygens (including phenoxy) is 1. The Morgan fingerprint density at radius 2 is 1.79 bits per heavy atom. The zero-order valence-corrected chi connectivity index (χ0v) is 19.7. The molecule has 0 unspecified atom stereocenters. The Labute approximate surface area is 188 Å². The van der Waals surface area contributed by atoms with Gasteiger partial charge < -0.3 is 25.8 Å². The van der Waals surface area contributed by atoms with E-state index in [2.05, 4.69) is 20.9 Å². The number of amides is 1. The SMILES string of the molecule is CN=C(NCc1ccc(O)c(F)c1)NC1CCC(NC(=O)OC(C)(C)C)CC1.I. The van der Waals surface area contributed by atoms with Gasteiger partial charge in [-0.1, -0.05) is 6.07 Å². The number of aromatic hydroxyl groups is 1. The summed E-state index contributed by atoms with van der Waals surface area (Å²) in [5, 5.41) is 18.7. The summed E-state index contributed by atoms with van der Waals surface area (Å²) in [5.74, 6) is -0.363. The van der Waals surface area contributed by atoms with Gasteiger partial charge in [-0.15, -0.1) is 24.0 Å². The molecule has 0 saturated heterocycles. The van der Waals surface area contributed by atoms with Crippen LogP contribution in [0.5, 0.6) is 5.75 Å². The zero-order valence-electron chi connectivity index (χ0n) is 17.4. The Kier molecular flexibility index (Phi) is 9.94. The first-order chi connectivity index (χ1) is 13.2. The monoisotopic (exact) mass is 522 g/mol. The third kappa shape index (κ3) is 9.05. The molecule has 1 aliphatic rings. The molecule has 0 spiro atoms. The average Bonchev–Trinajstić information content (AvgIpc) is 2.61. The molecule has 1 aromatic carbocycles. The number of phenols is 1. The summed E-state index contributed by atoms with van der Waals surface area (Å²) in [6.45, 7) is 5.93. The molecular weight excluding hydrogens is 490 g/mol. The first-order valence-corrected chi connectivity index (χ1v) is 9.60. The first-order valence-electron chi connectivity index (χ1n) is 9.60. The molecule has 4 N–H and O–H groups in total. The number of hydrogen-bond acceptors (Lipinski definition) is 4. The maximum Gasteiger partial charge on any atom is 0.407 e. The van der Waals surface area contributed by atoms with Crippen LogP contribution in [0.15, 0.2) is 23.2 Å². The molecule has 0 bridgehead atoms. The van der Waals surface area contributed by atoms with Gasteiger partial charge in [0.25, 0.3) is 0 Å². The highest BCUT2D eigenvalue weighted by Crippen LogP contribution is 2.20. The molecule has 29 heavy (non-hydrogen) atoms. The molecule has 164 valence electrons. The standard InChI is InChI=1S/C20H31FN4O3.HI/c1-20(2,3)28-19(27)25-15-8-6-14(7-9-15)24-18(22-4)23-12-13-5-10-17(26)16(21)11-13;/h5,10-11,14-15,26H,6-9,12H2,1-4H3,(H,25,27)(H2,22,23,24);1H. The largest absolute Gasteiger partial charge is 0.505 e. The van der Waals surface area contributed by atoms with Crippen LogP contribution in [0, 0.1) is 5.82 Å². The lowest BCUT2D eigenvalue weighted by Gasteiger charge is -2.31. The Bertz CT molecular complexity index is 701. The van der Waals surface area contributed by atoms with Crippen molar-refractivity contribution >= 4 is 36.0 Å². The minimum Gasteiger partial charge on any atom is -0.505 e. The van der Waals surface area contributed by atoms with Gasteiger partial charge in [0.2, 0.25) is 0 Å². The van der Waals surface area contributed by atoms with Gasteiger partial charge in [-0.25, -0.2) is 9.18 Å². The van der Waals surface area contributed by atoms with Crippen molar-refractivity contribution < 1.29 is 19.0 Å². The number of hydrogen-bond donors (Lipinski definition) is 4. The molecule has 0 radical (unpaired) electrons. The van der Waals surface area contributed by atoms with E-state index in [-0.39, 0.29) is 47.9 Å². The van der Waals surface area contributed by atoms with Crippen molar-refractivity contribution in [3.8, 4) is 5.75 Å². The van der Waals surface area contributed by atoms with Gasteiger partial charge in [0.15, 0.2) is 17.5 Å². The Morgan fingerprint density at radius 3 is 2.31 bits per heavy atom. The molecule has 0 atom stereocenters. The lowest BCUT2D eigenvalue weighted by Crippen LogP contribution is -2.47. The fourth-order valence-electron chi connectivity index (χ4n) is 3.09. The minimum absolute atomic E-state index is 0. The number of guanidine groups is 1. The predicted octanol–water partition coefficient (Wildman–Crippen LogP) is 3.65. The van der Waals surface area contributed by atoms with Crippen molar-refractivity contribution in [1.82, 2.24) is 16.0 Å². The molecule has 1 saturated carbocycles. The Balaban J connectivity index is 0.00000420. The number of rotatable bonds is 4. The molecule has 2 rings (SSSR count). The molecule has 1 aromatic rings. The van der Waals surface area contributed by atoms with Gasteiger partial charge >= 0.3 is 6.09 Å². The second-order valence-corrected chi connectivity index (χ2v) is 8.05. The Hall–Kier alpha value is -1.78. The fraction of sp³-hybridized carbons (Fsp3) is 0.600. The molecule has 0 heterocycles. The molecule has 1 aliphatic carbocycles. The quantitative estimate of drug-likeness (QED) is 0.275. The van der Waals surface area contributed by atoms with E-state index in [4.69, 9.17) is 4.74 Å². The highest BCUT2D eigenvalue weighted by molar-refractivity contribution is 14.0. The number of halogens is 2. The molecule has 0 aliphatic heterocycles. The lowest BCUT2D eigenvalue weighted by molar-refractivity contribution is 0.0490. The molecule has 7 nitrogen and oxygen atoms in total. The summed E-state index contributed by atoms with van der Waals surface area (Å²) in [6, 6.07) is 4.65. The Morgan fingerprint density at radius 1 is 1.21 bits per heavy atom. The zero-order chi connectivity index (χ0) is 20.7. The van der Waals surface area contributed by atoms with Crippen LogP contribution in [0.4, 0.5) is 9.18 Å². The molecule has 9 heteroatoms. The van der Waals surface area contributed by atoms with Crippen LogP contribution in [-0.4, -0.2) is 41.9 Å². The highest BCUT2D eigenvalue weighted by atomic mass is 127. The molecule has 1 fully saturated rings. The van der Waals surface area contributed by atoms with E-state index in [1.807, 2.05) is 20.8 Å². The summed E-state index contributed by atoms with van der Waals surface area (Å²) in [7, 11) is 1.68. The molecule has 1 amide bonds. The van der Waals surface area contributed by atoms with E-state index in [1.165, 1.54) is 12.1 Å². The van der Waals surface area contributed by atoms with Crippen LogP contribution in [0.1, 0.15) is 52.0 Å². The van der Waals surface area contributed by atoms with E-state index in [0.29, 0.717) is 18.1 Å². The third-order valence-corrected chi connectivity index (χ3v) is 4.48. The lowest BCUT2D eigenvalue weighted by atomic mass is 9.91. The van der Waals surface area contributed by atoms with Crippen molar-refractivity contribution in [3.05, 3.63) is 29.6 Å². The third-order valence-electron chi connectivity index (χ3n) is 4.48. The second kappa shape index (κ2) is 11.4. The van der Waals surface area contributed by atoms with Crippen molar-refractivity contribution in [2.75, 3.05) is 7.05 Å². The van der Waals surface area contributed by atoms with Crippen LogP contribution in [0.3, 0.4) is 0 Å². The topological polar surface area (TPSA) is 95.0 Å². The summed E-state index contributed by atoms with van der Waals surface area (Å²) < 4.78 is 18.7. The van der Waals surface area contributed by atoms with Gasteiger partial charge in [0, 0.05) is 25.7 Å². The first kappa shape index (κ1) is 25.3. The van der Waals surface area contributed by atoms with Crippen molar-refractivity contribution in [3.63, 3.8) is 0 Å². The van der Waals surface area contributed by atoms with Crippen LogP contribution >= 0.6 is 24.0 Å². The summed E-state index contributed by atoms with van der Waals surface area (Å²) in [4.78, 5) is 16.1. The summed E-state index contributed by atoms with van der Waals surface area (Å²) in [5.41, 5.74) is 0.213. The fourth-order valence-corrected chi connectivity index (χ4v) is 3.09. The normalized spacial score (nSPS) is 19.7. The van der Waals surface area contributed by atoms with E-state index < -0.39 is 11.4 Å². The van der Waals surface area contributed by atoms with Gasteiger partial charge in [-0.05, 0) is 64.2 Å². The van der Waals surface area contributed by atoms with Gasteiger partial charge in [0.05, 0.1) is 0 Å². The number of nitrogens with zero attached hydrogens (tertiary/aromatic N) is 1. The van der Waals surface area contributed by atoms with Crippen LogP contribution < -0.4 is 16.0 Å². The van der Waals surface area contributed by atoms with Gasteiger partial charge in [0.1, 0.15) is 5.60 Å². The number of phenolic OH excluding ortho intramolecular Hbond substituents is 1. The summed E-state index contributed by atoms with van der Waals surface area (Å²) >= 11 is 0. The van der Waals surface area contributed by atoms with Crippen molar-refractivity contribution in [1.29, 1.82) is 0 Å². The number of benzene rings is 1. The van der Waals surface area contributed by atoms with Gasteiger partial charge in [-0.2, -0.15) is 0 Å². The highest BCUT2D eigenvalue weighted by Gasteiger charge is 2.25. The average molecular weight is 522 g/mol. The van der Waals surface area contributed by atoms with Crippen molar-refractivity contribution in [2.24, 2.45) is 4.99 Å². The maximum absolute atomic E-state index is 13.4. The van der Waals surface area contributed by atoms with E-state index in [1.54, 1.807) is 13.1 Å². The van der Waals surface area contributed by atoms with E-state index in [9.17, 15) is 14.3 Å². The number of carbonyl (C=O) groups is 1. The minimum atomic E-state index is -0.641. The summed E-state index contributed by atoms with van der Waals surface area (Å²) in [6.07, 6.45) is 3.14. The number of aliphatic imine (C=N–C) groups is 1. The number of alkyl carbamates (subject to hydrolysis) is 1. The van der Waals surface area contributed by atoms with Crippen LogP contribution in [0.25, 0.3) is 0 Å². The molecular formula is C20H32FIN4O3. The van der Waals surface area contributed by atoms with Crippen LogP contribution in [0.2, 0.25) is 0 Å². The van der Waals surface area contributed by atoms with E-state index >= 15 is 0 Å². The number of carbonyl (C=O) groups excluding carboxylic acids is 1. The second-order valence-electron chi connectivity index (χ2n) is 8.05. The number of nitrogens with one attached hydrogen (secondary N) is 3. The smallest absolute Gasteiger partial charge is 0.407 e. The van der Waals surface area contributed by atoms with Gasteiger partial charge in [-0.3, -0.25) is 4.99 Å².